The molecule has 0 unspecified atom stereocenters. The molecule has 28 heavy (non-hydrogen) atoms. The lowest BCUT2D eigenvalue weighted by Gasteiger charge is -2.11. The summed E-state index contributed by atoms with van der Waals surface area (Å²) in [7, 11) is 4.72. The van der Waals surface area contributed by atoms with E-state index >= 15 is 0 Å². The Balaban J connectivity index is 1.65. The number of carbonyl (C=O) groups is 1. The second-order valence-corrected chi connectivity index (χ2v) is 5.68. The van der Waals surface area contributed by atoms with Gasteiger partial charge in [-0.25, -0.2) is 0 Å². The third-order valence-corrected chi connectivity index (χ3v) is 3.91. The third kappa shape index (κ3) is 4.47. The average molecular weight is 380 g/mol. The number of methoxy groups -OCH3 is 3. The molecule has 3 rings (SSSR count). The van der Waals surface area contributed by atoms with Crippen molar-refractivity contribution < 1.29 is 19.0 Å². The van der Waals surface area contributed by atoms with Crippen molar-refractivity contribution in [2.45, 2.75) is 0 Å². The molecule has 2 N–H and O–H groups in total. The summed E-state index contributed by atoms with van der Waals surface area (Å²) in [6, 6.07) is 15.6. The smallest absolute Gasteiger partial charge is 0.256 e. The normalized spacial score (nSPS) is 10.1. The van der Waals surface area contributed by atoms with Crippen molar-refractivity contribution in [2.75, 3.05) is 32.0 Å². The Morgan fingerprint density at radius 2 is 1.46 bits per heavy atom. The number of hydrogen-bond donors (Lipinski definition) is 2. The molecule has 0 bridgehead atoms. The number of ether oxygens (including phenoxy) is 3. The van der Waals surface area contributed by atoms with Crippen molar-refractivity contribution in [2.24, 2.45) is 0 Å². The van der Waals surface area contributed by atoms with E-state index < -0.39 is 0 Å². The second-order valence-electron chi connectivity index (χ2n) is 5.68. The zero-order valence-corrected chi connectivity index (χ0v) is 15.7. The summed E-state index contributed by atoms with van der Waals surface area (Å²) in [5.74, 6) is 2.51. The molecule has 1 amide bonds. The molecule has 0 saturated heterocycles. The highest BCUT2D eigenvalue weighted by Gasteiger charge is 2.09. The Bertz CT molecular complexity index is 943. The van der Waals surface area contributed by atoms with E-state index in [4.69, 9.17) is 14.2 Å². The maximum absolute atomic E-state index is 12.3. The van der Waals surface area contributed by atoms with Gasteiger partial charge in [0.2, 0.25) is 0 Å². The van der Waals surface area contributed by atoms with Crippen LogP contribution in [0.5, 0.6) is 17.2 Å². The average Bonchev–Trinajstić information content (AvgIpc) is 2.75. The van der Waals surface area contributed by atoms with Gasteiger partial charge >= 0.3 is 0 Å². The summed E-state index contributed by atoms with van der Waals surface area (Å²) in [6.07, 6.45) is 0. The topological polar surface area (TPSA) is 94.6 Å². The molecule has 0 saturated carbocycles. The summed E-state index contributed by atoms with van der Waals surface area (Å²) in [4.78, 5) is 12.3. The number of rotatable bonds is 7. The fourth-order valence-electron chi connectivity index (χ4n) is 2.46. The summed E-state index contributed by atoms with van der Waals surface area (Å²) in [6.45, 7) is 0. The largest absolute Gasteiger partial charge is 0.497 e. The lowest BCUT2D eigenvalue weighted by Crippen LogP contribution is -2.13. The van der Waals surface area contributed by atoms with E-state index in [9.17, 15) is 4.79 Å². The predicted octanol–water partition coefficient (Wildman–Crippen LogP) is 3.50. The molecule has 144 valence electrons. The molecule has 0 radical (unpaired) electrons. The first kappa shape index (κ1) is 19.0. The van der Waals surface area contributed by atoms with E-state index in [1.165, 1.54) is 0 Å². The van der Waals surface area contributed by atoms with Gasteiger partial charge in [-0.15, -0.1) is 10.2 Å². The van der Waals surface area contributed by atoms with E-state index in [2.05, 4.69) is 20.8 Å². The minimum atomic E-state index is -0.280. The van der Waals surface area contributed by atoms with Gasteiger partial charge in [-0.2, -0.15) is 0 Å². The van der Waals surface area contributed by atoms with E-state index in [1.807, 2.05) is 6.07 Å². The summed E-state index contributed by atoms with van der Waals surface area (Å²) < 4.78 is 15.6. The van der Waals surface area contributed by atoms with Crippen LogP contribution < -0.4 is 24.8 Å². The van der Waals surface area contributed by atoms with Crippen LogP contribution in [-0.4, -0.2) is 37.4 Å². The Morgan fingerprint density at radius 1 is 0.786 bits per heavy atom. The Kier molecular flexibility index (Phi) is 5.91. The maximum atomic E-state index is 12.3. The SMILES string of the molecule is COc1ccc(C(=O)Nc2ccc(Nc3ccc(OC)c(OC)c3)nn2)cc1. The summed E-state index contributed by atoms with van der Waals surface area (Å²) in [5, 5.41) is 13.9. The molecule has 0 atom stereocenters. The van der Waals surface area contributed by atoms with Crippen molar-refractivity contribution >= 4 is 23.2 Å². The van der Waals surface area contributed by atoms with E-state index in [0.29, 0.717) is 34.4 Å². The van der Waals surface area contributed by atoms with Crippen LogP contribution in [0.1, 0.15) is 10.4 Å². The van der Waals surface area contributed by atoms with Crippen molar-refractivity contribution in [3.63, 3.8) is 0 Å². The van der Waals surface area contributed by atoms with Gasteiger partial charge in [-0.1, -0.05) is 0 Å². The van der Waals surface area contributed by atoms with Crippen LogP contribution in [0.15, 0.2) is 54.6 Å². The first-order chi connectivity index (χ1) is 13.6. The number of nitrogens with zero attached hydrogens (tertiary/aromatic N) is 2. The molecule has 1 aromatic heterocycles. The van der Waals surface area contributed by atoms with Gasteiger partial charge in [0, 0.05) is 17.3 Å². The Morgan fingerprint density at radius 3 is 2.07 bits per heavy atom. The molecule has 0 spiro atoms. The molecule has 2 aromatic carbocycles. The highest BCUT2D eigenvalue weighted by Crippen LogP contribution is 2.30. The van der Waals surface area contributed by atoms with Crippen LogP contribution in [0.2, 0.25) is 0 Å². The van der Waals surface area contributed by atoms with Crippen LogP contribution in [0, 0.1) is 0 Å². The third-order valence-electron chi connectivity index (χ3n) is 3.91. The first-order valence-electron chi connectivity index (χ1n) is 8.41. The van der Waals surface area contributed by atoms with Gasteiger partial charge in [-0.05, 0) is 48.5 Å². The molecular weight excluding hydrogens is 360 g/mol. The quantitative estimate of drug-likeness (QED) is 0.648. The molecule has 0 fully saturated rings. The van der Waals surface area contributed by atoms with Crippen LogP contribution >= 0.6 is 0 Å². The highest BCUT2D eigenvalue weighted by molar-refractivity contribution is 6.03. The molecule has 0 aliphatic heterocycles. The fraction of sp³-hybridized carbons (Fsp3) is 0.150. The van der Waals surface area contributed by atoms with Gasteiger partial charge in [-0.3, -0.25) is 4.79 Å². The Hall–Kier alpha value is -3.81. The minimum absolute atomic E-state index is 0.280. The van der Waals surface area contributed by atoms with E-state index in [-0.39, 0.29) is 5.91 Å². The molecule has 0 aliphatic rings. The molecule has 8 nitrogen and oxygen atoms in total. The zero-order valence-electron chi connectivity index (χ0n) is 15.7. The molecule has 8 heteroatoms. The van der Waals surface area contributed by atoms with Crippen molar-refractivity contribution in [3.05, 3.63) is 60.2 Å². The number of aromatic nitrogens is 2. The zero-order chi connectivity index (χ0) is 19.9. The van der Waals surface area contributed by atoms with Crippen molar-refractivity contribution in [1.29, 1.82) is 0 Å². The van der Waals surface area contributed by atoms with Gasteiger partial charge < -0.3 is 24.8 Å². The lowest BCUT2D eigenvalue weighted by atomic mass is 10.2. The van der Waals surface area contributed by atoms with Gasteiger partial charge in [0.1, 0.15) is 5.75 Å². The number of nitrogens with one attached hydrogen (secondary N) is 2. The van der Waals surface area contributed by atoms with E-state index in [0.717, 1.165) is 5.69 Å². The minimum Gasteiger partial charge on any atom is -0.497 e. The second kappa shape index (κ2) is 8.72. The van der Waals surface area contributed by atoms with Crippen LogP contribution in [0.3, 0.4) is 0 Å². The van der Waals surface area contributed by atoms with Gasteiger partial charge in [0.15, 0.2) is 23.1 Å². The number of benzene rings is 2. The van der Waals surface area contributed by atoms with E-state index in [1.54, 1.807) is 69.9 Å². The monoisotopic (exact) mass is 380 g/mol. The summed E-state index contributed by atoms with van der Waals surface area (Å²) in [5.41, 5.74) is 1.26. The fourth-order valence-corrected chi connectivity index (χ4v) is 2.46. The lowest BCUT2D eigenvalue weighted by molar-refractivity contribution is 0.102. The van der Waals surface area contributed by atoms with Crippen LogP contribution in [0.4, 0.5) is 17.3 Å². The molecule has 3 aromatic rings. The number of amides is 1. The number of anilines is 3. The van der Waals surface area contributed by atoms with Crippen LogP contribution in [0.25, 0.3) is 0 Å². The number of hydrogen-bond acceptors (Lipinski definition) is 7. The predicted molar refractivity (Wildman–Crippen MR) is 106 cm³/mol. The maximum Gasteiger partial charge on any atom is 0.256 e. The molecule has 0 aliphatic carbocycles. The Labute approximate surface area is 162 Å². The standard InChI is InChI=1S/C20H20N4O4/c1-26-15-7-4-13(5-8-15)20(25)22-19-11-10-18(23-24-19)21-14-6-9-16(27-2)17(12-14)28-3/h4-12H,1-3H3,(H,21,23)(H,22,24,25). The molecule has 1 heterocycles. The van der Waals surface area contributed by atoms with Gasteiger partial charge in [0.25, 0.3) is 5.91 Å². The van der Waals surface area contributed by atoms with Crippen molar-refractivity contribution in [3.8, 4) is 17.2 Å². The van der Waals surface area contributed by atoms with Crippen molar-refractivity contribution in [1.82, 2.24) is 10.2 Å². The number of carbonyl (C=O) groups excluding carboxylic acids is 1. The van der Waals surface area contributed by atoms with Gasteiger partial charge in [0.05, 0.1) is 21.3 Å². The molecular formula is C20H20N4O4. The highest BCUT2D eigenvalue weighted by atomic mass is 16.5. The first-order valence-corrected chi connectivity index (χ1v) is 8.41. The van der Waals surface area contributed by atoms with Crippen LogP contribution in [-0.2, 0) is 0 Å². The summed E-state index contributed by atoms with van der Waals surface area (Å²) >= 11 is 0.